The zero-order valence-corrected chi connectivity index (χ0v) is 31.9. The molecule has 5 rings (SSSR count). The number of nitrogens with zero attached hydrogens (tertiary/aromatic N) is 1. The maximum Gasteiger partial charge on any atom is 0.119 e. The van der Waals surface area contributed by atoms with Gasteiger partial charge in [0.1, 0.15) is 36.9 Å². The highest BCUT2D eigenvalue weighted by Gasteiger charge is 2.23. The van der Waals surface area contributed by atoms with E-state index in [2.05, 4.69) is 120 Å². The normalized spacial score (nSPS) is 12.8. The van der Waals surface area contributed by atoms with Gasteiger partial charge >= 0.3 is 0 Å². The predicted molar refractivity (Wildman–Crippen MR) is 219 cm³/mol. The van der Waals surface area contributed by atoms with Crippen LogP contribution in [0.25, 0.3) is 0 Å². The number of aliphatic hydroxyl groups is 2. The minimum absolute atomic E-state index is 0.212. The number of benzene rings is 5. The molecule has 0 aliphatic rings. The molecule has 8 nitrogen and oxygen atoms in total. The SMILES string of the molecule is CC(C)(c1ccc(OCC(O)CNCCNCc2ccccc2)cc1)c1ccc(OCC(O)CN(CCNCc2ccccc2)Cc2ccccc2)cc1. The van der Waals surface area contributed by atoms with Crippen molar-refractivity contribution in [3.63, 3.8) is 0 Å². The van der Waals surface area contributed by atoms with Gasteiger partial charge in [-0.3, -0.25) is 4.90 Å². The number of hydrogen-bond acceptors (Lipinski definition) is 8. The highest BCUT2D eigenvalue weighted by molar-refractivity contribution is 5.42. The third-order valence-corrected chi connectivity index (χ3v) is 9.56. The van der Waals surface area contributed by atoms with Crippen molar-refractivity contribution in [1.29, 1.82) is 0 Å². The third-order valence-electron chi connectivity index (χ3n) is 9.56. The lowest BCUT2D eigenvalue weighted by Crippen LogP contribution is -2.39. The number of hydrogen-bond donors (Lipinski definition) is 5. The summed E-state index contributed by atoms with van der Waals surface area (Å²) in [7, 11) is 0. The minimum atomic E-state index is -0.635. The summed E-state index contributed by atoms with van der Waals surface area (Å²) in [6.07, 6.45) is -1.23. The molecule has 0 saturated carbocycles. The number of rotatable bonds is 24. The Labute approximate surface area is 322 Å². The van der Waals surface area contributed by atoms with Crippen molar-refractivity contribution in [3.05, 3.63) is 167 Å². The number of ether oxygens (including phenoxy) is 2. The van der Waals surface area contributed by atoms with Crippen molar-refractivity contribution in [3.8, 4) is 11.5 Å². The van der Waals surface area contributed by atoms with Crippen molar-refractivity contribution in [2.45, 2.75) is 51.1 Å². The fraction of sp³-hybridized carbons (Fsp3) is 0.348. The van der Waals surface area contributed by atoms with Crippen molar-refractivity contribution >= 4 is 0 Å². The van der Waals surface area contributed by atoms with Crippen LogP contribution in [-0.4, -0.2) is 79.8 Å². The monoisotopic (exact) mass is 730 g/mol. The van der Waals surface area contributed by atoms with Gasteiger partial charge in [0.15, 0.2) is 0 Å². The molecule has 0 bridgehead atoms. The topological polar surface area (TPSA) is 98.2 Å². The zero-order valence-electron chi connectivity index (χ0n) is 31.9. The molecular formula is C46H58N4O4. The fourth-order valence-electron chi connectivity index (χ4n) is 6.31. The Hall–Kier alpha value is -4.54. The summed E-state index contributed by atoms with van der Waals surface area (Å²) in [5.74, 6) is 1.46. The summed E-state index contributed by atoms with van der Waals surface area (Å²) in [5, 5.41) is 31.6. The standard InChI is InChI=1S/C46H58N4O4/c1-46(2,40-18-22-44(23-19-40)53-35-42(51)32-48-27-26-47-30-37-12-6-3-7-13-37)41-20-24-45(25-21-41)54-36-43(52)34-50(33-39-16-10-5-11-17-39)29-28-49-31-38-14-8-4-9-15-38/h3-25,42-43,47-49,51-52H,26-36H2,1-2H3. The first-order valence-corrected chi connectivity index (χ1v) is 19.1. The molecule has 5 aromatic carbocycles. The van der Waals surface area contributed by atoms with E-state index in [4.69, 9.17) is 9.47 Å². The van der Waals surface area contributed by atoms with Crippen LogP contribution >= 0.6 is 0 Å². The number of aliphatic hydroxyl groups excluding tert-OH is 2. The van der Waals surface area contributed by atoms with Crippen LogP contribution in [0.4, 0.5) is 0 Å². The van der Waals surface area contributed by atoms with Crippen LogP contribution in [0.1, 0.15) is 41.7 Å². The molecule has 0 aliphatic carbocycles. The van der Waals surface area contributed by atoms with Crippen molar-refractivity contribution in [1.82, 2.24) is 20.9 Å². The maximum absolute atomic E-state index is 11.0. The van der Waals surface area contributed by atoms with E-state index in [0.29, 0.717) is 13.1 Å². The first kappa shape index (κ1) is 40.6. The van der Waals surface area contributed by atoms with E-state index in [-0.39, 0.29) is 18.6 Å². The lowest BCUT2D eigenvalue weighted by Gasteiger charge is -2.27. The van der Waals surface area contributed by atoms with Gasteiger partial charge in [-0.1, -0.05) is 129 Å². The second-order valence-electron chi connectivity index (χ2n) is 14.4. The van der Waals surface area contributed by atoms with E-state index in [1.165, 1.54) is 16.7 Å². The average Bonchev–Trinajstić information content (AvgIpc) is 3.20. The Kier molecular flexibility index (Phi) is 16.5. The van der Waals surface area contributed by atoms with Gasteiger partial charge < -0.3 is 35.6 Å². The molecule has 0 fully saturated rings. The van der Waals surface area contributed by atoms with Gasteiger partial charge in [-0.25, -0.2) is 0 Å². The summed E-state index contributed by atoms with van der Waals surface area (Å²) in [6.45, 7) is 11.4. The quantitative estimate of drug-likeness (QED) is 0.0482. The van der Waals surface area contributed by atoms with E-state index in [9.17, 15) is 10.2 Å². The van der Waals surface area contributed by atoms with Gasteiger partial charge in [0, 0.05) is 64.3 Å². The second-order valence-corrected chi connectivity index (χ2v) is 14.4. The summed E-state index contributed by atoms with van der Waals surface area (Å²) in [4.78, 5) is 2.27. The van der Waals surface area contributed by atoms with E-state index in [1.807, 2.05) is 54.6 Å². The van der Waals surface area contributed by atoms with Gasteiger partial charge in [0.2, 0.25) is 0 Å². The maximum atomic E-state index is 11.0. The van der Waals surface area contributed by atoms with Crippen LogP contribution < -0.4 is 25.4 Å². The van der Waals surface area contributed by atoms with Gasteiger partial charge in [0.05, 0.1) is 0 Å². The van der Waals surface area contributed by atoms with Crippen LogP contribution in [0, 0.1) is 0 Å². The minimum Gasteiger partial charge on any atom is -0.491 e. The molecule has 2 unspecified atom stereocenters. The Morgan fingerprint density at radius 1 is 0.537 bits per heavy atom. The molecule has 2 atom stereocenters. The summed E-state index contributed by atoms with van der Waals surface area (Å²) >= 11 is 0. The molecule has 0 amide bonds. The predicted octanol–water partition coefficient (Wildman–Crippen LogP) is 6.16. The molecule has 0 heterocycles. The van der Waals surface area contributed by atoms with Gasteiger partial charge in [-0.2, -0.15) is 0 Å². The molecule has 0 spiro atoms. The molecule has 0 aromatic heterocycles. The van der Waals surface area contributed by atoms with Crippen LogP contribution in [0.15, 0.2) is 140 Å². The first-order valence-electron chi connectivity index (χ1n) is 19.1. The van der Waals surface area contributed by atoms with E-state index >= 15 is 0 Å². The Bertz CT molecular complexity index is 1720. The number of nitrogens with one attached hydrogen (secondary N) is 3. The van der Waals surface area contributed by atoms with Crippen molar-refractivity contribution in [2.75, 3.05) is 52.5 Å². The molecular weight excluding hydrogens is 673 g/mol. The summed E-state index contributed by atoms with van der Waals surface area (Å²) in [5.41, 5.74) is 5.79. The lowest BCUT2D eigenvalue weighted by molar-refractivity contribution is 0.0658. The summed E-state index contributed by atoms with van der Waals surface area (Å²) in [6, 6.07) is 47.3. The fourth-order valence-corrected chi connectivity index (χ4v) is 6.31. The molecule has 0 radical (unpaired) electrons. The van der Waals surface area contributed by atoms with Crippen molar-refractivity contribution in [2.24, 2.45) is 0 Å². The van der Waals surface area contributed by atoms with Crippen LogP contribution in [0.5, 0.6) is 11.5 Å². The van der Waals surface area contributed by atoms with Crippen LogP contribution in [0.2, 0.25) is 0 Å². The molecule has 5 aromatic rings. The third kappa shape index (κ3) is 14.0. The first-order chi connectivity index (χ1) is 26.3. The Morgan fingerprint density at radius 3 is 1.50 bits per heavy atom. The smallest absolute Gasteiger partial charge is 0.119 e. The second kappa shape index (κ2) is 22.0. The van der Waals surface area contributed by atoms with E-state index < -0.39 is 12.2 Å². The Balaban J connectivity index is 1.02. The summed E-state index contributed by atoms with van der Waals surface area (Å²) < 4.78 is 11.9. The van der Waals surface area contributed by atoms with E-state index in [1.54, 1.807) is 0 Å². The van der Waals surface area contributed by atoms with Gasteiger partial charge in [0.25, 0.3) is 0 Å². The lowest BCUT2D eigenvalue weighted by atomic mass is 9.78. The molecule has 0 aliphatic heterocycles. The van der Waals surface area contributed by atoms with E-state index in [0.717, 1.165) is 68.4 Å². The highest BCUT2D eigenvalue weighted by atomic mass is 16.5. The zero-order chi connectivity index (χ0) is 37.9. The van der Waals surface area contributed by atoms with Gasteiger partial charge in [-0.15, -0.1) is 0 Å². The highest BCUT2D eigenvalue weighted by Crippen LogP contribution is 2.33. The van der Waals surface area contributed by atoms with Crippen molar-refractivity contribution < 1.29 is 19.7 Å². The van der Waals surface area contributed by atoms with Crippen LogP contribution in [-0.2, 0) is 25.0 Å². The molecule has 54 heavy (non-hydrogen) atoms. The molecule has 8 heteroatoms. The molecule has 0 saturated heterocycles. The van der Waals surface area contributed by atoms with Crippen LogP contribution in [0.3, 0.4) is 0 Å². The molecule has 286 valence electrons. The molecule has 5 N–H and O–H groups in total. The average molecular weight is 731 g/mol. The Morgan fingerprint density at radius 2 is 0.981 bits per heavy atom. The largest absolute Gasteiger partial charge is 0.491 e. The van der Waals surface area contributed by atoms with Gasteiger partial charge in [-0.05, 0) is 52.1 Å².